The minimum absolute atomic E-state index is 0.0274. The second kappa shape index (κ2) is 12.7. The molecule has 0 unspecified atom stereocenters. The van der Waals surface area contributed by atoms with E-state index in [1.54, 1.807) is 36.1 Å². The van der Waals surface area contributed by atoms with Crippen molar-refractivity contribution in [1.29, 1.82) is 5.26 Å². The van der Waals surface area contributed by atoms with Crippen molar-refractivity contribution >= 4 is 45.2 Å². The molecule has 2 aliphatic rings. The number of aromatic nitrogens is 1. The summed E-state index contributed by atoms with van der Waals surface area (Å²) in [4.78, 5) is 45.8. The van der Waals surface area contributed by atoms with E-state index in [1.807, 2.05) is 4.90 Å². The van der Waals surface area contributed by atoms with Gasteiger partial charge in [0.05, 0.1) is 35.7 Å². The van der Waals surface area contributed by atoms with E-state index in [0.717, 1.165) is 6.42 Å². The predicted molar refractivity (Wildman–Crippen MR) is 147 cm³/mol. The molecule has 1 N–H and O–H groups in total. The van der Waals surface area contributed by atoms with Crippen molar-refractivity contribution in [2.75, 3.05) is 31.1 Å². The quantitative estimate of drug-likeness (QED) is 0.437. The lowest BCUT2D eigenvalue weighted by Crippen LogP contribution is -2.43. The summed E-state index contributed by atoms with van der Waals surface area (Å²) in [7, 11) is -3.90. The van der Waals surface area contributed by atoms with Crippen LogP contribution in [0.1, 0.15) is 59.8 Å². The molecule has 0 spiro atoms. The van der Waals surface area contributed by atoms with Crippen molar-refractivity contribution < 1.29 is 27.5 Å². The Bertz CT molecular complexity index is 1430. The van der Waals surface area contributed by atoms with Gasteiger partial charge in [-0.05, 0) is 49.9 Å². The van der Waals surface area contributed by atoms with Crippen LogP contribution in [0.5, 0.6) is 0 Å². The van der Waals surface area contributed by atoms with E-state index in [1.165, 1.54) is 6.07 Å². The van der Waals surface area contributed by atoms with Gasteiger partial charge in [-0.1, -0.05) is 23.7 Å². The fraction of sp³-hybridized carbons (Fsp3) is 0.444. The number of ether oxygens (including phenoxy) is 1. The van der Waals surface area contributed by atoms with Crippen molar-refractivity contribution in [3.8, 4) is 6.07 Å². The number of nitrogens with one attached hydrogen (secondary N) is 1. The summed E-state index contributed by atoms with van der Waals surface area (Å²) < 4.78 is 32.5. The molecule has 212 valence electrons. The van der Waals surface area contributed by atoms with Gasteiger partial charge in [-0.2, -0.15) is 5.26 Å². The smallest absolute Gasteiger partial charge is 0.340 e. The molecule has 0 bridgehead atoms. The molecule has 2 aliphatic heterocycles. The van der Waals surface area contributed by atoms with Crippen LogP contribution in [0, 0.1) is 17.2 Å². The summed E-state index contributed by atoms with van der Waals surface area (Å²) in [5, 5.41) is 10.3. The van der Waals surface area contributed by atoms with Gasteiger partial charge in [0.25, 0.3) is 0 Å². The zero-order valence-electron chi connectivity index (χ0n) is 22.1. The number of esters is 1. The Balaban J connectivity index is 1.47. The van der Waals surface area contributed by atoms with Crippen LogP contribution in [0.2, 0.25) is 5.02 Å². The largest absolute Gasteiger partial charge is 0.462 e. The van der Waals surface area contributed by atoms with Crippen molar-refractivity contribution in [2.45, 2.75) is 44.9 Å². The molecule has 40 heavy (non-hydrogen) atoms. The number of halogens is 1. The molecule has 2 amide bonds. The summed E-state index contributed by atoms with van der Waals surface area (Å²) in [6.45, 7) is 3.19. The van der Waals surface area contributed by atoms with E-state index in [-0.39, 0.29) is 35.9 Å². The Morgan fingerprint density at radius 3 is 2.50 bits per heavy atom. The van der Waals surface area contributed by atoms with Crippen LogP contribution in [-0.4, -0.2) is 62.3 Å². The van der Waals surface area contributed by atoms with Crippen molar-refractivity contribution in [2.24, 2.45) is 5.92 Å². The minimum atomic E-state index is -3.90. The third kappa shape index (κ3) is 7.08. The van der Waals surface area contributed by atoms with Gasteiger partial charge in [-0.25, -0.2) is 18.2 Å². The van der Waals surface area contributed by atoms with Gasteiger partial charge in [-0.3, -0.25) is 14.3 Å². The molecule has 2 fully saturated rings. The summed E-state index contributed by atoms with van der Waals surface area (Å²) in [5.74, 6) is -1.75. The number of carbonyl (C=O) groups excluding carboxylic acids is 3. The topological polar surface area (TPSA) is 150 Å². The molecule has 0 saturated carbocycles. The molecule has 3 heterocycles. The molecule has 4 rings (SSSR count). The molecule has 2 saturated heterocycles. The first-order valence-corrected chi connectivity index (χ1v) is 15.1. The van der Waals surface area contributed by atoms with Crippen molar-refractivity contribution in [3.05, 3.63) is 57.7 Å². The number of amides is 2. The van der Waals surface area contributed by atoms with Crippen molar-refractivity contribution in [3.63, 3.8) is 0 Å². The normalized spacial score (nSPS) is 16.1. The van der Waals surface area contributed by atoms with Crippen LogP contribution in [0.3, 0.4) is 0 Å². The standard InChI is InChI=1S/C27H30ClN5O6S/c1-2-39-27(36)22-14-20(15-29)25(30-23(22)16-33-11-3-4-24(33)34)32-12-9-19(10-13-32)26(35)31-40(37,38)17-18-5-7-21(28)8-6-18/h5-8,14,19H,2-4,9-13,16-17H2,1H3,(H,31,35). The average molecular weight is 588 g/mol. The Kier molecular flexibility index (Phi) is 9.27. The third-order valence-corrected chi connectivity index (χ3v) is 8.38. The number of pyridine rings is 1. The van der Waals surface area contributed by atoms with E-state index in [9.17, 15) is 28.1 Å². The van der Waals surface area contributed by atoms with Crippen LogP contribution in [0.25, 0.3) is 0 Å². The van der Waals surface area contributed by atoms with Crippen LogP contribution in [0.15, 0.2) is 30.3 Å². The number of rotatable bonds is 9. The van der Waals surface area contributed by atoms with Gasteiger partial charge < -0.3 is 14.5 Å². The average Bonchev–Trinajstić information content (AvgIpc) is 3.33. The number of likely N-dealkylation sites (tertiary alicyclic amines) is 1. The van der Waals surface area contributed by atoms with E-state index < -0.39 is 27.8 Å². The number of hydrogen-bond donors (Lipinski definition) is 1. The van der Waals surface area contributed by atoms with E-state index in [2.05, 4.69) is 15.8 Å². The number of nitriles is 1. The van der Waals surface area contributed by atoms with Crippen LogP contribution in [0.4, 0.5) is 5.82 Å². The Morgan fingerprint density at radius 1 is 1.20 bits per heavy atom. The lowest BCUT2D eigenvalue weighted by Gasteiger charge is -2.33. The Hall–Kier alpha value is -3.69. The van der Waals surface area contributed by atoms with Gasteiger partial charge in [-0.15, -0.1) is 0 Å². The van der Waals surface area contributed by atoms with Gasteiger partial charge in [0.15, 0.2) is 0 Å². The molecule has 2 aromatic rings. The van der Waals surface area contributed by atoms with E-state index in [0.29, 0.717) is 61.0 Å². The highest BCUT2D eigenvalue weighted by Crippen LogP contribution is 2.28. The first-order valence-electron chi connectivity index (χ1n) is 13.0. The van der Waals surface area contributed by atoms with Crippen LogP contribution < -0.4 is 9.62 Å². The first kappa shape index (κ1) is 29.3. The highest BCUT2D eigenvalue weighted by Gasteiger charge is 2.31. The van der Waals surface area contributed by atoms with Crippen molar-refractivity contribution in [1.82, 2.24) is 14.6 Å². The number of piperidine rings is 1. The predicted octanol–water partition coefficient (Wildman–Crippen LogP) is 2.77. The zero-order valence-corrected chi connectivity index (χ0v) is 23.6. The van der Waals surface area contributed by atoms with Gasteiger partial charge >= 0.3 is 5.97 Å². The number of carbonyl (C=O) groups is 3. The highest BCUT2D eigenvalue weighted by molar-refractivity contribution is 7.89. The Labute approximate surface area is 238 Å². The molecule has 11 nitrogen and oxygen atoms in total. The number of anilines is 1. The molecule has 13 heteroatoms. The maximum Gasteiger partial charge on any atom is 0.340 e. The summed E-state index contributed by atoms with van der Waals surface area (Å²) in [6.07, 6.45) is 1.84. The van der Waals surface area contributed by atoms with Crippen LogP contribution in [-0.2, 0) is 36.6 Å². The number of benzene rings is 1. The molecule has 0 aliphatic carbocycles. The molecule has 1 aromatic heterocycles. The minimum Gasteiger partial charge on any atom is -0.462 e. The van der Waals surface area contributed by atoms with Gasteiger partial charge in [0.1, 0.15) is 11.9 Å². The van der Waals surface area contributed by atoms with E-state index in [4.69, 9.17) is 16.3 Å². The summed E-state index contributed by atoms with van der Waals surface area (Å²) in [6, 6.07) is 9.88. The fourth-order valence-corrected chi connectivity index (χ4v) is 6.15. The lowest BCUT2D eigenvalue weighted by atomic mass is 9.96. The molecule has 0 radical (unpaired) electrons. The maximum atomic E-state index is 12.8. The number of nitrogens with zero attached hydrogens (tertiary/aromatic N) is 4. The monoisotopic (exact) mass is 587 g/mol. The zero-order chi connectivity index (χ0) is 28.9. The summed E-state index contributed by atoms with van der Waals surface area (Å²) >= 11 is 5.85. The number of hydrogen-bond acceptors (Lipinski definition) is 9. The fourth-order valence-electron chi connectivity index (χ4n) is 4.85. The third-order valence-electron chi connectivity index (χ3n) is 6.90. The Morgan fingerprint density at radius 2 is 1.90 bits per heavy atom. The lowest BCUT2D eigenvalue weighted by molar-refractivity contribution is -0.128. The second-order valence-corrected chi connectivity index (χ2v) is 11.9. The van der Waals surface area contributed by atoms with Gasteiger partial charge in [0, 0.05) is 37.0 Å². The molecule has 1 aromatic carbocycles. The van der Waals surface area contributed by atoms with Crippen LogP contribution >= 0.6 is 11.6 Å². The molecular weight excluding hydrogens is 558 g/mol. The SMILES string of the molecule is CCOC(=O)c1cc(C#N)c(N2CCC(C(=O)NS(=O)(=O)Cc3ccc(Cl)cc3)CC2)nc1CN1CCCC1=O. The molecular formula is C27H30ClN5O6S. The molecule has 0 atom stereocenters. The second-order valence-electron chi connectivity index (χ2n) is 9.72. The van der Waals surface area contributed by atoms with Gasteiger partial charge in [0.2, 0.25) is 21.8 Å². The highest BCUT2D eigenvalue weighted by atomic mass is 35.5. The number of sulfonamides is 1. The summed E-state index contributed by atoms with van der Waals surface area (Å²) in [5.41, 5.74) is 1.16. The van der Waals surface area contributed by atoms with E-state index >= 15 is 0 Å². The first-order chi connectivity index (χ1) is 19.1. The maximum absolute atomic E-state index is 12.8.